The number of halogens is 1. The number of fused-ring (bicyclic) bond motifs is 1. The van der Waals surface area contributed by atoms with Crippen LogP contribution in [0.4, 0.5) is 0 Å². The van der Waals surface area contributed by atoms with Crippen molar-refractivity contribution in [2.75, 3.05) is 6.54 Å². The molecule has 2 aromatic carbocycles. The lowest BCUT2D eigenvalue weighted by molar-refractivity contribution is 0.306. The first-order valence-corrected chi connectivity index (χ1v) is 8.01. The van der Waals surface area contributed by atoms with Crippen LogP contribution in [-0.2, 0) is 13.0 Å². The molecular formula is C17H17IN2O. The summed E-state index contributed by atoms with van der Waals surface area (Å²) in [6.07, 6.45) is 2.90. The lowest BCUT2D eigenvalue weighted by atomic mass is 10.1. The van der Waals surface area contributed by atoms with Crippen molar-refractivity contribution in [1.29, 1.82) is 0 Å². The summed E-state index contributed by atoms with van der Waals surface area (Å²) in [5, 5.41) is 1.19. The zero-order valence-corrected chi connectivity index (χ0v) is 13.8. The lowest BCUT2D eigenvalue weighted by Gasteiger charge is -2.07. The number of nitrogens with one attached hydrogen (secondary N) is 1. The second-order valence-corrected chi connectivity index (χ2v) is 6.22. The zero-order valence-electron chi connectivity index (χ0n) is 11.6. The molecule has 0 bridgehead atoms. The molecule has 0 amide bonds. The molecule has 0 unspecified atom stereocenters. The number of rotatable bonds is 5. The van der Waals surface area contributed by atoms with Crippen LogP contribution < -0.4 is 10.5 Å². The Morgan fingerprint density at radius 1 is 1.10 bits per heavy atom. The van der Waals surface area contributed by atoms with Gasteiger partial charge in [-0.3, -0.25) is 0 Å². The molecule has 0 saturated heterocycles. The smallest absolute Gasteiger partial charge is 0.120 e. The van der Waals surface area contributed by atoms with E-state index in [0.717, 1.165) is 17.7 Å². The van der Waals surface area contributed by atoms with Gasteiger partial charge in [0.15, 0.2) is 0 Å². The van der Waals surface area contributed by atoms with Crippen molar-refractivity contribution in [2.24, 2.45) is 5.73 Å². The SMILES string of the molecule is NCCc1c[nH]c2ccc(OCc3ccc(I)cc3)cc12. The van der Waals surface area contributed by atoms with E-state index in [9.17, 15) is 0 Å². The van der Waals surface area contributed by atoms with Crippen LogP contribution >= 0.6 is 22.6 Å². The molecule has 0 radical (unpaired) electrons. The van der Waals surface area contributed by atoms with Crippen LogP contribution in [0.15, 0.2) is 48.7 Å². The Labute approximate surface area is 137 Å². The van der Waals surface area contributed by atoms with Gasteiger partial charge < -0.3 is 15.5 Å². The average Bonchev–Trinajstić information content (AvgIpc) is 2.90. The summed E-state index contributed by atoms with van der Waals surface area (Å²) < 4.78 is 7.13. The van der Waals surface area contributed by atoms with Gasteiger partial charge in [0.1, 0.15) is 12.4 Å². The van der Waals surface area contributed by atoms with Gasteiger partial charge in [-0.05, 0) is 77.0 Å². The van der Waals surface area contributed by atoms with Crippen LogP contribution in [0, 0.1) is 3.57 Å². The molecule has 0 fully saturated rings. The molecule has 4 heteroatoms. The molecule has 0 aliphatic heterocycles. The van der Waals surface area contributed by atoms with Crippen LogP contribution in [0.5, 0.6) is 5.75 Å². The summed E-state index contributed by atoms with van der Waals surface area (Å²) in [7, 11) is 0. The number of aromatic nitrogens is 1. The summed E-state index contributed by atoms with van der Waals surface area (Å²) in [6, 6.07) is 14.5. The average molecular weight is 392 g/mol. The van der Waals surface area contributed by atoms with Gasteiger partial charge in [-0.25, -0.2) is 0 Å². The van der Waals surface area contributed by atoms with E-state index in [1.54, 1.807) is 0 Å². The van der Waals surface area contributed by atoms with Crippen molar-refractivity contribution in [3.63, 3.8) is 0 Å². The Balaban J connectivity index is 1.77. The summed E-state index contributed by atoms with van der Waals surface area (Å²) in [6.45, 7) is 1.24. The third-order valence-electron chi connectivity index (χ3n) is 3.47. The highest BCUT2D eigenvalue weighted by atomic mass is 127. The van der Waals surface area contributed by atoms with Crippen molar-refractivity contribution in [3.8, 4) is 5.75 Å². The van der Waals surface area contributed by atoms with Crippen molar-refractivity contribution >= 4 is 33.5 Å². The molecule has 108 valence electrons. The first-order valence-electron chi connectivity index (χ1n) is 6.93. The van der Waals surface area contributed by atoms with Gasteiger partial charge in [0.25, 0.3) is 0 Å². The molecule has 0 spiro atoms. The standard InChI is InChI=1S/C17H17IN2O/c18-14-3-1-12(2-4-14)11-21-15-5-6-17-16(9-15)13(7-8-19)10-20-17/h1-6,9-10,20H,7-8,11,19H2. The summed E-state index contributed by atoms with van der Waals surface area (Å²) in [4.78, 5) is 3.27. The van der Waals surface area contributed by atoms with Gasteiger partial charge in [0.2, 0.25) is 0 Å². The zero-order chi connectivity index (χ0) is 14.7. The fourth-order valence-corrected chi connectivity index (χ4v) is 2.72. The molecular weight excluding hydrogens is 375 g/mol. The number of aromatic amines is 1. The predicted octanol–water partition coefficient (Wildman–Crippen LogP) is 3.85. The predicted molar refractivity (Wildman–Crippen MR) is 94.5 cm³/mol. The summed E-state index contributed by atoms with van der Waals surface area (Å²) >= 11 is 2.30. The van der Waals surface area contributed by atoms with Crippen molar-refractivity contribution < 1.29 is 4.74 Å². The lowest BCUT2D eigenvalue weighted by Crippen LogP contribution is -2.01. The number of benzene rings is 2. The van der Waals surface area contributed by atoms with E-state index in [1.807, 2.05) is 12.3 Å². The third-order valence-corrected chi connectivity index (χ3v) is 4.19. The molecule has 1 heterocycles. The Morgan fingerprint density at radius 3 is 2.67 bits per heavy atom. The number of hydrogen-bond donors (Lipinski definition) is 2. The van der Waals surface area contributed by atoms with Crippen molar-refractivity contribution in [2.45, 2.75) is 13.0 Å². The van der Waals surface area contributed by atoms with E-state index < -0.39 is 0 Å². The Bertz CT molecular complexity index is 734. The molecule has 0 atom stereocenters. The Kier molecular flexibility index (Phi) is 4.45. The van der Waals surface area contributed by atoms with Gasteiger partial charge in [-0.1, -0.05) is 12.1 Å². The normalized spacial score (nSPS) is 11.0. The second-order valence-electron chi connectivity index (χ2n) is 4.98. The quantitative estimate of drug-likeness (QED) is 0.648. The molecule has 1 aromatic heterocycles. The minimum atomic E-state index is 0.582. The molecule has 3 nitrogen and oxygen atoms in total. The van der Waals surface area contributed by atoms with Gasteiger partial charge in [-0.2, -0.15) is 0 Å². The Morgan fingerprint density at radius 2 is 1.90 bits per heavy atom. The molecule has 3 aromatic rings. The van der Waals surface area contributed by atoms with Gasteiger partial charge in [0, 0.05) is 20.7 Å². The first kappa shape index (κ1) is 14.4. The molecule has 0 saturated carbocycles. The topological polar surface area (TPSA) is 51.0 Å². The van der Waals surface area contributed by atoms with Crippen LogP contribution in [0.2, 0.25) is 0 Å². The fraction of sp³-hybridized carbons (Fsp3) is 0.176. The van der Waals surface area contributed by atoms with E-state index in [4.69, 9.17) is 10.5 Å². The maximum atomic E-state index is 5.89. The summed E-state index contributed by atoms with van der Waals surface area (Å²) in [5.74, 6) is 0.888. The molecule has 0 aliphatic carbocycles. The van der Waals surface area contributed by atoms with Gasteiger partial charge >= 0.3 is 0 Å². The summed E-state index contributed by atoms with van der Waals surface area (Å²) in [5.41, 5.74) is 9.19. The van der Waals surface area contributed by atoms with Crippen molar-refractivity contribution in [1.82, 2.24) is 4.98 Å². The number of ether oxygens (including phenoxy) is 1. The van der Waals surface area contributed by atoms with Crippen LogP contribution in [0.25, 0.3) is 10.9 Å². The van der Waals surface area contributed by atoms with Crippen LogP contribution in [-0.4, -0.2) is 11.5 Å². The monoisotopic (exact) mass is 392 g/mol. The molecule has 21 heavy (non-hydrogen) atoms. The maximum Gasteiger partial charge on any atom is 0.120 e. The Hall–Kier alpha value is -1.53. The highest BCUT2D eigenvalue weighted by Gasteiger charge is 2.05. The molecule has 0 aliphatic rings. The van der Waals surface area contributed by atoms with E-state index in [1.165, 1.54) is 20.1 Å². The van der Waals surface area contributed by atoms with Gasteiger partial charge in [0.05, 0.1) is 0 Å². The van der Waals surface area contributed by atoms with E-state index in [2.05, 4.69) is 64.0 Å². The van der Waals surface area contributed by atoms with Crippen LogP contribution in [0.1, 0.15) is 11.1 Å². The number of H-pyrrole nitrogens is 1. The van der Waals surface area contributed by atoms with E-state index in [-0.39, 0.29) is 0 Å². The van der Waals surface area contributed by atoms with E-state index in [0.29, 0.717) is 13.2 Å². The second kappa shape index (κ2) is 6.49. The van der Waals surface area contributed by atoms with E-state index >= 15 is 0 Å². The minimum Gasteiger partial charge on any atom is -0.489 e. The number of nitrogens with two attached hydrogens (primary N) is 1. The molecule has 3 N–H and O–H groups in total. The van der Waals surface area contributed by atoms with Crippen molar-refractivity contribution in [3.05, 3.63) is 63.4 Å². The number of hydrogen-bond acceptors (Lipinski definition) is 2. The van der Waals surface area contributed by atoms with Crippen LogP contribution in [0.3, 0.4) is 0 Å². The minimum absolute atomic E-state index is 0.582. The highest BCUT2D eigenvalue weighted by molar-refractivity contribution is 14.1. The highest BCUT2D eigenvalue weighted by Crippen LogP contribution is 2.24. The first-order chi connectivity index (χ1) is 10.3. The fourth-order valence-electron chi connectivity index (χ4n) is 2.36. The van der Waals surface area contributed by atoms with Gasteiger partial charge in [-0.15, -0.1) is 0 Å². The molecule has 3 rings (SSSR count). The largest absolute Gasteiger partial charge is 0.489 e. The maximum absolute atomic E-state index is 5.89. The third kappa shape index (κ3) is 3.39.